The van der Waals surface area contributed by atoms with Crippen LogP contribution in [0.1, 0.15) is 15.5 Å². The van der Waals surface area contributed by atoms with Gasteiger partial charge in [0.2, 0.25) is 0 Å². The molecule has 1 amide bonds. The van der Waals surface area contributed by atoms with E-state index >= 15 is 0 Å². The van der Waals surface area contributed by atoms with Crippen LogP contribution in [0.4, 0.5) is 10.8 Å². The first-order chi connectivity index (χ1) is 9.11. The molecule has 2 aromatic heterocycles. The highest BCUT2D eigenvalue weighted by Crippen LogP contribution is 2.27. The van der Waals surface area contributed by atoms with Crippen LogP contribution in [0.2, 0.25) is 0 Å². The van der Waals surface area contributed by atoms with Crippen LogP contribution in [0, 0.1) is 6.92 Å². The molecule has 0 atom stereocenters. The van der Waals surface area contributed by atoms with E-state index in [1.165, 1.54) is 22.7 Å². The van der Waals surface area contributed by atoms with Gasteiger partial charge in [-0.3, -0.25) is 10.1 Å². The maximum absolute atomic E-state index is 11.9. The summed E-state index contributed by atoms with van der Waals surface area (Å²) < 4.78 is 0.949. The number of rotatable bonds is 2. The van der Waals surface area contributed by atoms with Crippen molar-refractivity contribution in [2.75, 3.05) is 11.1 Å². The van der Waals surface area contributed by atoms with Crippen LogP contribution in [0.5, 0.6) is 0 Å². The second kappa shape index (κ2) is 4.60. The molecule has 0 saturated carbocycles. The molecule has 1 aromatic carbocycles. The zero-order chi connectivity index (χ0) is 13.4. The molecular formula is C12H10N4OS2. The Labute approximate surface area is 117 Å². The molecule has 0 bridgehead atoms. The predicted molar refractivity (Wildman–Crippen MR) is 78.8 cm³/mol. The molecule has 0 radical (unpaired) electrons. The van der Waals surface area contributed by atoms with Gasteiger partial charge in [-0.25, -0.2) is 9.97 Å². The standard InChI is InChI=1S/C12H10N4OS2/c1-6-14-9(5-18-6)11(17)16-12-15-8-3-2-7(13)4-10(8)19-12/h2-5H,13H2,1H3,(H,15,16,17). The number of nitrogens with one attached hydrogen (secondary N) is 1. The average Bonchev–Trinajstić information content (AvgIpc) is 2.94. The molecular weight excluding hydrogens is 280 g/mol. The lowest BCUT2D eigenvalue weighted by atomic mass is 10.3. The second-order valence-electron chi connectivity index (χ2n) is 3.95. The largest absolute Gasteiger partial charge is 0.399 e. The monoisotopic (exact) mass is 290 g/mol. The lowest BCUT2D eigenvalue weighted by molar-refractivity contribution is 0.102. The fourth-order valence-electron chi connectivity index (χ4n) is 1.62. The summed E-state index contributed by atoms with van der Waals surface area (Å²) in [6.07, 6.45) is 0. The summed E-state index contributed by atoms with van der Waals surface area (Å²) in [6.45, 7) is 1.86. The molecule has 0 aliphatic carbocycles. The topological polar surface area (TPSA) is 80.9 Å². The number of aryl methyl sites for hydroxylation is 1. The number of carbonyl (C=O) groups excluding carboxylic acids is 1. The summed E-state index contributed by atoms with van der Waals surface area (Å²) in [5.74, 6) is -0.239. The molecule has 5 nitrogen and oxygen atoms in total. The first kappa shape index (κ1) is 12.1. The summed E-state index contributed by atoms with van der Waals surface area (Å²) in [7, 11) is 0. The summed E-state index contributed by atoms with van der Waals surface area (Å²) >= 11 is 2.84. The normalized spacial score (nSPS) is 10.8. The van der Waals surface area contributed by atoms with E-state index in [2.05, 4.69) is 15.3 Å². The van der Waals surface area contributed by atoms with Gasteiger partial charge in [-0.1, -0.05) is 11.3 Å². The zero-order valence-corrected chi connectivity index (χ0v) is 11.6. The lowest BCUT2D eigenvalue weighted by Gasteiger charge is -1.96. The maximum Gasteiger partial charge on any atom is 0.276 e. The number of hydrogen-bond donors (Lipinski definition) is 2. The van der Waals surface area contributed by atoms with Gasteiger partial charge in [-0.05, 0) is 25.1 Å². The van der Waals surface area contributed by atoms with E-state index in [-0.39, 0.29) is 5.91 Å². The number of aromatic nitrogens is 2. The quantitative estimate of drug-likeness (QED) is 0.711. The highest BCUT2D eigenvalue weighted by molar-refractivity contribution is 7.22. The third kappa shape index (κ3) is 2.42. The number of fused-ring (bicyclic) bond motifs is 1. The van der Waals surface area contributed by atoms with Gasteiger partial charge in [0.1, 0.15) is 5.69 Å². The minimum Gasteiger partial charge on any atom is -0.399 e. The van der Waals surface area contributed by atoms with Crippen molar-refractivity contribution in [3.63, 3.8) is 0 Å². The highest BCUT2D eigenvalue weighted by Gasteiger charge is 2.12. The van der Waals surface area contributed by atoms with Gasteiger partial charge in [-0.15, -0.1) is 11.3 Å². The van der Waals surface area contributed by atoms with Crippen molar-refractivity contribution in [3.05, 3.63) is 34.3 Å². The van der Waals surface area contributed by atoms with Crippen molar-refractivity contribution in [1.29, 1.82) is 0 Å². The van der Waals surface area contributed by atoms with Gasteiger partial charge in [0.25, 0.3) is 5.91 Å². The number of hydrogen-bond acceptors (Lipinski definition) is 6. The number of nitrogen functional groups attached to an aromatic ring is 1. The fourth-order valence-corrected chi connectivity index (χ4v) is 3.13. The van der Waals surface area contributed by atoms with Gasteiger partial charge in [0.15, 0.2) is 5.13 Å². The molecule has 0 saturated heterocycles. The van der Waals surface area contributed by atoms with Crippen LogP contribution in [0.3, 0.4) is 0 Å². The molecule has 96 valence electrons. The molecule has 0 aliphatic heterocycles. The Hall–Kier alpha value is -1.99. The summed E-state index contributed by atoms with van der Waals surface area (Å²) in [6, 6.07) is 5.47. The Kier molecular flexibility index (Phi) is 2.92. The van der Waals surface area contributed by atoms with E-state index in [1.807, 2.05) is 19.1 Å². The van der Waals surface area contributed by atoms with Gasteiger partial charge in [0, 0.05) is 11.1 Å². The molecule has 3 N–H and O–H groups in total. The van der Waals surface area contributed by atoms with Crippen LogP contribution in [0.15, 0.2) is 23.6 Å². The van der Waals surface area contributed by atoms with Gasteiger partial charge in [-0.2, -0.15) is 0 Å². The Balaban J connectivity index is 1.87. The van der Waals surface area contributed by atoms with E-state index in [4.69, 9.17) is 5.73 Å². The minimum atomic E-state index is -0.239. The molecule has 3 rings (SSSR count). The summed E-state index contributed by atoms with van der Waals surface area (Å²) in [5, 5.41) is 5.90. The van der Waals surface area contributed by atoms with Crippen LogP contribution >= 0.6 is 22.7 Å². The first-order valence-electron chi connectivity index (χ1n) is 5.51. The number of thiazole rings is 2. The molecule has 2 heterocycles. The van der Waals surface area contributed by atoms with Crippen molar-refractivity contribution in [1.82, 2.24) is 9.97 Å². The first-order valence-corrected chi connectivity index (χ1v) is 7.21. The van der Waals surface area contributed by atoms with Crippen molar-refractivity contribution in [2.24, 2.45) is 0 Å². The van der Waals surface area contributed by atoms with E-state index in [1.54, 1.807) is 11.4 Å². The second-order valence-corrected chi connectivity index (χ2v) is 6.04. The molecule has 19 heavy (non-hydrogen) atoms. The number of benzene rings is 1. The molecule has 0 fully saturated rings. The zero-order valence-electron chi connectivity index (χ0n) is 10.0. The maximum atomic E-state index is 11.9. The third-order valence-corrected chi connectivity index (χ3v) is 4.19. The van der Waals surface area contributed by atoms with Gasteiger partial charge >= 0.3 is 0 Å². The third-order valence-electron chi connectivity index (χ3n) is 2.48. The summed E-state index contributed by atoms with van der Waals surface area (Å²) in [5.41, 5.74) is 7.64. The summed E-state index contributed by atoms with van der Waals surface area (Å²) in [4.78, 5) is 20.4. The van der Waals surface area contributed by atoms with Crippen LogP contribution in [-0.2, 0) is 0 Å². The van der Waals surface area contributed by atoms with Crippen molar-refractivity contribution < 1.29 is 4.79 Å². The van der Waals surface area contributed by atoms with Crippen LogP contribution < -0.4 is 11.1 Å². The van der Waals surface area contributed by atoms with E-state index in [9.17, 15) is 4.79 Å². The number of amides is 1. The van der Waals surface area contributed by atoms with Gasteiger partial charge in [0.05, 0.1) is 15.2 Å². The lowest BCUT2D eigenvalue weighted by Crippen LogP contribution is -2.11. The highest BCUT2D eigenvalue weighted by atomic mass is 32.1. The van der Waals surface area contributed by atoms with E-state index < -0.39 is 0 Å². The molecule has 0 unspecified atom stereocenters. The molecule has 7 heteroatoms. The average molecular weight is 290 g/mol. The van der Waals surface area contributed by atoms with Crippen molar-refractivity contribution >= 4 is 49.6 Å². The molecule has 0 spiro atoms. The number of nitrogens with zero attached hydrogens (tertiary/aromatic N) is 2. The predicted octanol–water partition coefficient (Wildman–Crippen LogP) is 2.90. The van der Waals surface area contributed by atoms with Crippen LogP contribution in [0.25, 0.3) is 10.2 Å². The SMILES string of the molecule is Cc1nc(C(=O)Nc2nc3ccc(N)cc3s2)cs1. The molecule has 0 aliphatic rings. The van der Waals surface area contributed by atoms with Crippen LogP contribution in [-0.4, -0.2) is 15.9 Å². The molecule has 3 aromatic rings. The Morgan fingerprint density at radius 2 is 2.21 bits per heavy atom. The Bertz CT molecular complexity index is 762. The number of carbonyl (C=O) groups is 1. The van der Waals surface area contributed by atoms with Gasteiger partial charge < -0.3 is 5.73 Å². The Morgan fingerprint density at radius 3 is 2.95 bits per heavy atom. The number of nitrogens with two attached hydrogens (primary N) is 1. The van der Waals surface area contributed by atoms with E-state index in [0.717, 1.165) is 15.2 Å². The number of anilines is 2. The Morgan fingerprint density at radius 1 is 1.37 bits per heavy atom. The fraction of sp³-hybridized carbons (Fsp3) is 0.0833. The smallest absolute Gasteiger partial charge is 0.276 e. The van der Waals surface area contributed by atoms with Crippen molar-refractivity contribution in [2.45, 2.75) is 6.92 Å². The van der Waals surface area contributed by atoms with Crippen molar-refractivity contribution in [3.8, 4) is 0 Å². The van der Waals surface area contributed by atoms with E-state index in [0.29, 0.717) is 16.5 Å². The minimum absolute atomic E-state index is 0.239.